The third-order valence-corrected chi connectivity index (χ3v) is 2.85. The molecule has 0 heterocycles. The van der Waals surface area contributed by atoms with Crippen LogP contribution in [-0.2, 0) is 0 Å². The van der Waals surface area contributed by atoms with Crippen LogP contribution >= 0.6 is 0 Å². The van der Waals surface area contributed by atoms with Gasteiger partial charge in [-0.25, -0.2) is 0 Å². The molecule has 0 atom stereocenters. The second-order valence-corrected chi connectivity index (χ2v) is 3.87. The number of hydrogen-bond donors (Lipinski definition) is 1. The summed E-state index contributed by atoms with van der Waals surface area (Å²) in [5.74, 6) is 0.890. The van der Waals surface area contributed by atoms with Crippen LogP contribution in [-0.4, -0.2) is 12.1 Å². The standard InChI is InChI=1S/C9H14N2/c10-7-9(4-1-5-9)11-6-8-2-3-8/h8,11H,1-6H2. The Bertz CT molecular complexity index is 184. The van der Waals surface area contributed by atoms with Crippen LogP contribution in [0.4, 0.5) is 0 Å². The largest absolute Gasteiger partial charge is 0.299 e. The second kappa shape index (κ2) is 2.49. The first-order valence-electron chi connectivity index (χ1n) is 4.51. The highest BCUT2D eigenvalue weighted by molar-refractivity contribution is 5.12. The lowest BCUT2D eigenvalue weighted by Gasteiger charge is -2.36. The second-order valence-electron chi connectivity index (χ2n) is 3.87. The van der Waals surface area contributed by atoms with Crippen molar-refractivity contribution in [2.45, 2.75) is 37.6 Å². The maximum Gasteiger partial charge on any atom is 0.106 e. The Labute approximate surface area is 67.6 Å². The van der Waals surface area contributed by atoms with Crippen molar-refractivity contribution in [3.05, 3.63) is 0 Å². The van der Waals surface area contributed by atoms with E-state index in [0.29, 0.717) is 0 Å². The first-order valence-corrected chi connectivity index (χ1v) is 4.51. The van der Waals surface area contributed by atoms with E-state index in [9.17, 15) is 0 Å². The summed E-state index contributed by atoms with van der Waals surface area (Å²) >= 11 is 0. The number of rotatable bonds is 3. The van der Waals surface area contributed by atoms with Crippen LogP contribution in [0.5, 0.6) is 0 Å². The number of nitrogens with one attached hydrogen (secondary N) is 1. The van der Waals surface area contributed by atoms with Crippen LogP contribution in [0.25, 0.3) is 0 Å². The van der Waals surface area contributed by atoms with Gasteiger partial charge in [0.1, 0.15) is 5.54 Å². The zero-order valence-corrected chi connectivity index (χ0v) is 6.77. The lowest BCUT2D eigenvalue weighted by Crippen LogP contribution is -2.50. The van der Waals surface area contributed by atoms with Crippen LogP contribution in [0.15, 0.2) is 0 Å². The van der Waals surface area contributed by atoms with Gasteiger partial charge in [0.2, 0.25) is 0 Å². The Kier molecular flexibility index (Phi) is 1.61. The lowest BCUT2D eigenvalue weighted by atomic mass is 9.78. The van der Waals surface area contributed by atoms with Crippen LogP contribution < -0.4 is 5.32 Å². The maximum atomic E-state index is 8.86. The fourth-order valence-corrected chi connectivity index (χ4v) is 1.52. The van der Waals surface area contributed by atoms with Crippen molar-refractivity contribution in [3.8, 4) is 6.07 Å². The van der Waals surface area contributed by atoms with Crippen molar-refractivity contribution in [3.63, 3.8) is 0 Å². The average molecular weight is 150 g/mol. The van der Waals surface area contributed by atoms with E-state index in [-0.39, 0.29) is 5.54 Å². The zero-order chi connectivity index (χ0) is 7.73. The summed E-state index contributed by atoms with van der Waals surface area (Å²) in [6.45, 7) is 1.08. The molecule has 0 aromatic rings. The van der Waals surface area contributed by atoms with E-state index >= 15 is 0 Å². The summed E-state index contributed by atoms with van der Waals surface area (Å²) in [4.78, 5) is 0. The SMILES string of the molecule is N#CC1(NCC2CC2)CCC1. The zero-order valence-electron chi connectivity index (χ0n) is 6.77. The Morgan fingerprint density at radius 3 is 2.55 bits per heavy atom. The summed E-state index contributed by atoms with van der Waals surface area (Å²) in [5, 5.41) is 12.2. The molecule has 0 unspecified atom stereocenters. The molecule has 0 saturated heterocycles. The van der Waals surface area contributed by atoms with Gasteiger partial charge < -0.3 is 0 Å². The Hall–Kier alpha value is -0.550. The van der Waals surface area contributed by atoms with Gasteiger partial charge in [0.05, 0.1) is 6.07 Å². The minimum Gasteiger partial charge on any atom is -0.299 e. The molecule has 2 heteroatoms. The number of nitriles is 1. The fourth-order valence-electron chi connectivity index (χ4n) is 1.52. The number of hydrogen-bond acceptors (Lipinski definition) is 2. The monoisotopic (exact) mass is 150 g/mol. The number of nitrogens with zero attached hydrogens (tertiary/aromatic N) is 1. The van der Waals surface area contributed by atoms with E-state index in [2.05, 4.69) is 11.4 Å². The molecule has 2 aliphatic carbocycles. The van der Waals surface area contributed by atoms with Gasteiger partial charge in [0.15, 0.2) is 0 Å². The Balaban J connectivity index is 1.78. The average Bonchev–Trinajstić information content (AvgIpc) is 2.70. The molecular formula is C9H14N2. The Morgan fingerprint density at radius 1 is 1.45 bits per heavy atom. The predicted octanol–water partition coefficient (Wildman–Crippen LogP) is 1.43. The fraction of sp³-hybridized carbons (Fsp3) is 0.889. The first kappa shape index (κ1) is 7.12. The van der Waals surface area contributed by atoms with Crippen LogP contribution in [0.3, 0.4) is 0 Å². The molecule has 0 radical (unpaired) electrons. The molecule has 0 amide bonds. The highest BCUT2D eigenvalue weighted by atomic mass is 15.0. The highest BCUT2D eigenvalue weighted by Crippen LogP contribution is 2.33. The van der Waals surface area contributed by atoms with Crippen molar-refractivity contribution in [2.24, 2.45) is 5.92 Å². The van der Waals surface area contributed by atoms with Gasteiger partial charge in [-0.15, -0.1) is 0 Å². The highest BCUT2D eigenvalue weighted by Gasteiger charge is 2.37. The molecule has 1 N–H and O–H groups in total. The summed E-state index contributed by atoms with van der Waals surface area (Å²) < 4.78 is 0. The van der Waals surface area contributed by atoms with Gasteiger partial charge in [-0.05, 0) is 44.6 Å². The summed E-state index contributed by atoms with van der Waals surface area (Å²) in [6.07, 6.45) is 6.10. The van der Waals surface area contributed by atoms with E-state index in [0.717, 1.165) is 25.3 Å². The predicted molar refractivity (Wildman–Crippen MR) is 42.9 cm³/mol. The summed E-state index contributed by atoms with van der Waals surface area (Å²) in [5.41, 5.74) is -0.109. The molecule has 2 saturated carbocycles. The molecule has 0 aromatic carbocycles. The van der Waals surface area contributed by atoms with Crippen molar-refractivity contribution in [2.75, 3.05) is 6.54 Å². The van der Waals surface area contributed by atoms with Crippen LogP contribution in [0, 0.1) is 17.2 Å². The smallest absolute Gasteiger partial charge is 0.106 e. The van der Waals surface area contributed by atoms with Crippen molar-refractivity contribution in [1.82, 2.24) is 5.32 Å². The van der Waals surface area contributed by atoms with E-state index in [1.165, 1.54) is 19.3 Å². The van der Waals surface area contributed by atoms with Crippen LogP contribution in [0.1, 0.15) is 32.1 Å². The molecule has 0 spiro atoms. The molecule has 0 aliphatic heterocycles. The van der Waals surface area contributed by atoms with Gasteiger partial charge >= 0.3 is 0 Å². The third-order valence-electron chi connectivity index (χ3n) is 2.85. The van der Waals surface area contributed by atoms with E-state index in [1.54, 1.807) is 0 Å². The lowest BCUT2D eigenvalue weighted by molar-refractivity contribution is 0.252. The first-order chi connectivity index (χ1) is 5.35. The molecule has 2 fully saturated rings. The van der Waals surface area contributed by atoms with Gasteiger partial charge in [-0.3, -0.25) is 5.32 Å². The van der Waals surface area contributed by atoms with Crippen molar-refractivity contribution >= 4 is 0 Å². The molecule has 11 heavy (non-hydrogen) atoms. The molecule has 0 bridgehead atoms. The van der Waals surface area contributed by atoms with Crippen LogP contribution in [0.2, 0.25) is 0 Å². The third kappa shape index (κ3) is 1.39. The van der Waals surface area contributed by atoms with Gasteiger partial charge in [-0.1, -0.05) is 0 Å². The van der Waals surface area contributed by atoms with Gasteiger partial charge in [0, 0.05) is 0 Å². The van der Waals surface area contributed by atoms with Gasteiger partial charge in [-0.2, -0.15) is 5.26 Å². The van der Waals surface area contributed by atoms with E-state index in [4.69, 9.17) is 5.26 Å². The molecule has 2 aliphatic rings. The molecule has 2 rings (SSSR count). The minimum atomic E-state index is -0.109. The Morgan fingerprint density at radius 2 is 2.18 bits per heavy atom. The molecule has 60 valence electrons. The van der Waals surface area contributed by atoms with E-state index < -0.39 is 0 Å². The topological polar surface area (TPSA) is 35.8 Å². The minimum absolute atomic E-state index is 0.109. The molecule has 0 aromatic heterocycles. The molecular weight excluding hydrogens is 136 g/mol. The normalized spacial score (nSPS) is 27.2. The summed E-state index contributed by atoms with van der Waals surface area (Å²) in [7, 11) is 0. The molecule has 2 nitrogen and oxygen atoms in total. The van der Waals surface area contributed by atoms with Crippen molar-refractivity contribution < 1.29 is 0 Å². The maximum absolute atomic E-state index is 8.86. The van der Waals surface area contributed by atoms with E-state index in [1.807, 2.05) is 0 Å². The quantitative estimate of drug-likeness (QED) is 0.660. The van der Waals surface area contributed by atoms with Crippen molar-refractivity contribution in [1.29, 1.82) is 5.26 Å². The summed E-state index contributed by atoms with van der Waals surface area (Å²) in [6, 6.07) is 2.39. The van der Waals surface area contributed by atoms with Gasteiger partial charge in [0.25, 0.3) is 0 Å².